The molecular formula is C9H17NO3SSi. The first-order valence-electron chi connectivity index (χ1n) is 5.28. The van der Waals surface area contributed by atoms with Crippen molar-refractivity contribution in [2.75, 3.05) is 6.61 Å². The summed E-state index contributed by atoms with van der Waals surface area (Å²) in [6.07, 6.45) is 1.86. The fraction of sp³-hybridized carbons (Fsp3) is 0.778. The number of amides is 1. The normalized spacial score (nSPS) is 25.8. The van der Waals surface area contributed by atoms with Crippen molar-refractivity contribution < 1.29 is 14.3 Å². The minimum Gasteiger partial charge on any atom is -0.464 e. The number of rotatable bonds is 5. The Labute approximate surface area is 97.7 Å². The lowest BCUT2D eigenvalue weighted by molar-refractivity contribution is -0.159. The smallest absolute Gasteiger partial charge is 0.329 e. The third-order valence-corrected chi connectivity index (χ3v) is 4.39. The van der Waals surface area contributed by atoms with Gasteiger partial charge in [0, 0.05) is 0 Å². The van der Waals surface area contributed by atoms with Gasteiger partial charge in [-0.3, -0.25) is 4.79 Å². The van der Waals surface area contributed by atoms with Crippen molar-refractivity contribution >= 4 is 34.2 Å². The summed E-state index contributed by atoms with van der Waals surface area (Å²) in [6.45, 7) is 4.46. The molecule has 1 rings (SSSR count). The van der Waals surface area contributed by atoms with Gasteiger partial charge in [0.2, 0.25) is 5.91 Å². The first-order valence-corrected chi connectivity index (χ1v) is 7.85. The Morgan fingerprint density at radius 2 is 2.33 bits per heavy atom. The monoisotopic (exact) mass is 247 g/mol. The van der Waals surface area contributed by atoms with Gasteiger partial charge in [0.1, 0.15) is 21.0 Å². The number of carbonyl (C=O) groups excluding carboxylic acids is 2. The van der Waals surface area contributed by atoms with Gasteiger partial charge in [-0.25, -0.2) is 4.79 Å². The van der Waals surface area contributed by atoms with Crippen molar-refractivity contribution in [1.82, 2.24) is 4.57 Å². The standard InChI is InChI=1S/C9H17NO3SSi/c1-3-4-5-13-9(12)6-7(14)8(11)10(6)15-2/h6-7,14H,3-5,15H2,1-2H3/t6-,7+/m0/s1. The van der Waals surface area contributed by atoms with E-state index in [0.717, 1.165) is 12.8 Å². The molecule has 1 fully saturated rings. The highest BCUT2D eigenvalue weighted by atomic mass is 32.1. The van der Waals surface area contributed by atoms with Gasteiger partial charge in [0.15, 0.2) is 0 Å². The fourth-order valence-corrected chi connectivity index (χ4v) is 3.57. The number of hydrogen-bond donors (Lipinski definition) is 1. The summed E-state index contributed by atoms with van der Waals surface area (Å²) in [5, 5.41) is -0.480. The molecule has 0 aromatic heterocycles. The minimum atomic E-state index is -0.639. The Morgan fingerprint density at radius 1 is 1.67 bits per heavy atom. The molecule has 0 unspecified atom stereocenters. The van der Waals surface area contributed by atoms with E-state index in [0.29, 0.717) is 6.61 Å². The predicted molar refractivity (Wildman–Crippen MR) is 63.7 cm³/mol. The molecule has 0 radical (unpaired) electrons. The molecule has 1 aliphatic rings. The number of esters is 1. The molecule has 6 heteroatoms. The number of thiol groups is 1. The van der Waals surface area contributed by atoms with E-state index in [9.17, 15) is 9.59 Å². The predicted octanol–water partition coefficient (Wildman–Crippen LogP) is -0.0292. The van der Waals surface area contributed by atoms with Gasteiger partial charge in [0.05, 0.1) is 6.61 Å². The topological polar surface area (TPSA) is 46.6 Å². The van der Waals surface area contributed by atoms with Crippen molar-refractivity contribution in [2.24, 2.45) is 0 Å². The third kappa shape index (κ3) is 2.55. The van der Waals surface area contributed by atoms with Crippen LogP contribution in [0.2, 0.25) is 6.55 Å². The van der Waals surface area contributed by atoms with Gasteiger partial charge in [-0.05, 0) is 6.42 Å². The largest absolute Gasteiger partial charge is 0.464 e. The van der Waals surface area contributed by atoms with Crippen LogP contribution in [0.15, 0.2) is 0 Å². The van der Waals surface area contributed by atoms with E-state index in [1.54, 1.807) is 4.57 Å². The molecule has 86 valence electrons. The van der Waals surface area contributed by atoms with Gasteiger partial charge in [-0.15, -0.1) is 0 Å². The molecule has 0 aliphatic carbocycles. The second kappa shape index (κ2) is 5.55. The Bertz CT molecular complexity index is 262. The summed E-state index contributed by atoms with van der Waals surface area (Å²) in [5.74, 6) is -0.317. The molecule has 15 heavy (non-hydrogen) atoms. The Balaban J connectivity index is 2.42. The molecule has 0 aromatic rings. The van der Waals surface area contributed by atoms with Gasteiger partial charge >= 0.3 is 5.97 Å². The van der Waals surface area contributed by atoms with Crippen LogP contribution >= 0.6 is 12.6 Å². The van der Waals surface area contributed by atoms with Crippen LogP contribution in [-0.2, 0) is 14.3 Å². The molecule has 1 amide bonds. The Hall–Kier alpha value is -0.493. The molecular weight excluding hydrogens is 230 g/mol. The lowest BCUT2D eigenvalue weighted by atomic mass is 10.1. The van der Waals surface area contributed by atoms with E-state index < -0.39 is 21.0 Å². The van der Waals surface area contributed by atoms with E-state index in [2.05, 4.69) is 12.6 Å². The van der Waals surface area contributed by atoms with Crippen LogP contribution in [-0.4, -0.2) is 44.0 Å². The molecule has 1 aliphatic heterocycles. The second-order valence-electron chi connectivity index (χ2n) is 3.53. The van der Waals surface area contributed by atoms with Crippen molar-refractivity contribution in [3.63, 3.8) is 0 Å². The van der Waals surface area contributed by atoms with Crippen LogP contribution in [0.1, 0.15) is 19.8 Å². The zero-order chi connectivity index (χ0) is 11.4. The summed E-state index contributed by atoms with van der Waals surface area (Å²) in [6, 6.07) is -0.422. The van der Waals surface area contributed by atoms with Crippen LogP contribution in [0.4, 0.5) is 0 Å². The third-order valence-electron chi connectivity index (χ3n) is 2.50. The summed E-state index contributed by atoms with van der Waals surface area (Å²) in [5.41, 5.74) is 0. The van der Waals surface area contributed by atoms with Crippen molar-refractivity contribution in [1.29, 1.82) is 0 Å². The summed E-state index contributed by atoms with van der Waals surface area (Å²) < 4.78 is 6.71. The summed E-state index contributed by atoms with van der Waals surface area (Å²) in [4.78, 5) is 22.9. The highest BCUT2D eigenvalue weighted by Crippen LogP contribution is 2.24. The zero-order valence-electron chi connectivity index (χ0n) is 9.10. The number of β-lactam (4-membered cyclic amide) rings is 1. The fourth-order valence-electron chi connectivity index (χ4n) is 1.54. The lowest BCUT2D eigenvalue weighted by Gasteiger charge is -2.43. The summed E-state index contributed by atoms with van der Waals surface area (Å²) >= 11 is 4.10. The number of hydrogen-bond acceptors (Lipinski definition) is 4. The van der Waals surface area contributed by atoms with Gasteiger partial charge in [0.25, 0.3) is 0 Å². The van der Waals surface area contributed by atoms with Crippen molar-refractivity contribution in [2.45, 2.75) is 37.6 Å². The van der Waals surface area contributed by atoms with E-state index in [-0.39, 0.29) is 11.9 Å². The maximum Gasteiger partial charge on any atom is 0.329 e. The quantitative estimate of drug-likeness (QED) is 0.244. The maximum atomic E-state index is 11.6. The van der Waals surface area contributed by atoms with E-state index >= 15 is 0 Å². The van der Waals surface area contributed by atoms with Crippen LogP contribution in [0.25, 0.3) is 0 Å². The van der Waals surface area contributed by atoms with Crippen LogP contribution in [0.3, 0.4) is 0 Å². The minimum absolute atomic E-state index is 0.0232. The van der Waals surface area contributed by atoms with Crippen LogP contribution in [0, 0.1) is 0 Å². The summed E-state index contributed by atoms with van der Waals surface area (Å²) in [7, 11) is -0.639. The first-order chi connectivity index (χ1) is 7.13. The molecule has 2 atom stereocenters. The average Bonchev–Trinajstić information content (AvgIpc) is 2.24. The van der Waals surface area contributed by atoms with Crippen LogP contribution in [0.5, 0.6) is 0 Å². The lowest BCUT2D eigenvalue weighted by Crippen LogP contribution is -2.66. The number of nitrogens with zero attached hydrogens (tertiary/aromatic N) is 1. The van der Waals surface area contributed by atoms with Gasteiger partial charge in [-0.1, -0.05) is 19.9 Å². The number of ether oxygens (including phenoxy) is 1. The molecule has 1 heterocycles. The molecule has 0 N–H and O–H groups in total. The molecule has 0 spiro atoms. The van der Waals surface area contributed by atoms with Crippen LogP contribution < -0.4 is 0 Å². The molecule has 0 saturated carbocycles. The molecule has 4 nitrogen and oxygen atoms in total. The SMILES string of the molecule is CCCCOC(=O)[C@@H]1[C@@H](S)C(=O)N1[SiH2]C. The van der Waals surface area contributed by atoms with Gasteiger partial charge < -0.3 is 9.30 Å². The molecule has 1 saturated heterocycles. The van der Waals surface area contributed by atoms with E-state index in [4.69, 9.17) is 4.74 Å². The second-order valence-corrected chi connectivity index (χ2v) is 5.41. The van der Waals surface area contributed by atoms with E-state index in [1.807, 2.05) is 13.5 Å². The highest BCUT2D eigenvalue weighted by Gasteiger charge is 2.49. The first kappa shape index (κ1) is 12.6. The zero-order valence-corrected chi connectivity index (χ0v) is 11.4. The molecule has 0 aromatic carbocycles. The average molecular weight is 247 g/mol. The number of unbranched alkanes of at least 4 members (excludes halogenated alkanes) is 1. The number of carbonyl (C=O) groups is 2. The van der Waals surface area contributed by atoms with E-state index in [1.165, 1.54) is 0 Å². The maximum absolute atomic E-state index is 11.6. The molecule has 0 bridgehead atoms. The Morgan fingerprint density at radius 3 is 2.87 bits per heavy atom. The Kier molecular flexibility index (Phi) is 4.66. The highest BCUT2D eigenvalue weighted by molar-refractivity contribution is 7.82. The van der Waals surface area contributed by atoms with Gasteiger partial charge in [-0.2, -0.15) is 12.6 Å². The van der Waals surface area contributed by atoms with Crippen molar-refractivity contribution in [3.8, 4) is 0 Å². The van der Waals surface area contributed by atoms with Crippen molar-refractivity contribution in [3.05, 3.63) is 0 Å².